The van der Waals surface area contributed by atoms with Crippen LogP contribution in [0.3, 0.4) is 0 Å². The van der Waals surface area contributed by atoms with Gasteiger partial charge in [-0.3, -0.25) is 14.7 Å². The van der Waals surface area contributed by atoms with Gasteiger partial charge in [0.1, 0.15) is 18.3 Å². The minimum Gasteiger partial charge on any atom is -0.363 e. The largest absolute Gasteiger partial charge is 0.363 e. The number of nitro benzene ring substituents is 1. The maximum Gasteiger partial charge on any atom is 0.294 e. The molecule has 1 aromatic heterocycles. The Bertz CT molecular complexity index is 606. The van der Waals surface area contributed by atoms with Crippen LogP contribution in [-0.4, -0.2) is 45.9 Å². The van der Waals surface area contributed by atoms with Crippen molar-refractivity contribution in [2.45, 2.75) is 0 Å². The number of aromatic nitrogens is 3. The monoisotopic (exact) mass is 274 g/mol. The molecule has 20 heavy (non-hydrogen) atoms. The van der Waals surface area contributed by atoms with E-state index in [1.54, 1.807) is 16.7 Å². The summed E-state index contributed by atoms with van der Waals surface area (Å²) in [5.74, 6) is 0. The van der Waals surface area contributed by atoms with Crippen molar-refractivity contribution < 1.29 is 4.92 Å². The lowest BCUT2D eigenvalue weighted by atomic mass is 10.2. The third kappa shape index (κ3) is 2.32. The van der Waals surface area contributed by atoms with E-state index in [1.807, 2.05) is 11.0 Å². The summed E-state index contributed by atoms with van der Waals surface area (Å²) in [6.45, 7) is 3.22. The van der Waals surface area contributed by atoms with Gasteiger partial charge in [0, 0.05) is 32.2 Å². The van der Waals surface area contributed by atoms with Crippen LogP contribution in [0.4, 0.5) is 11.4 Å². The van der Waals surface area contributed by atoms with Crippen LogP contribution < -0.4 is 10.2 Å². The summed E-state index contributed by atoms with van der Waals surface area (Å²) < 4.78 is 1.65. The zero-order valence-corrected chi connectivity index (χ0v) is 10.8. The first-order valence-corrected chi connectivity index (χ1v) is 6.35. The number of nitro groups is 1. The lowest BCUT2D eigenvalue weighted by Gasteiger charge is -2.29. The average Bonchev–Trinajstić information content (AvgIpc) is 3.02. The van der Waals surface area contributed by atoms with Crippen LogP contribution in [0.5, 0.6) is 0 Å². The molecule has 2 aromatic rings. The van der Waals surface area contributed by atoms with Crippen LogP contribution in [0.15, 0.2) is 30.9 Å². The summed E-state index contributed by atoms with van der Waals surface area (Å²) in [6, 6.07) is 5.19. The molecule has 2 heterocycles. The molecule has 0 atom stereocenters. The van der Waals surface area contributed by atoms with Gasteiger partial charge in [-0.15, -0.1) is 10.2 Å². The number of anilines is 1. The molecule has 8 nitrogen and oxygen atoms in total. The first-order chi connectivity index (χ1) is 9.75. The van der Waals surface area contributed by atoms with Crippen molar-refractivity contribution in [3.63, 3.8) is 0 Å². The van der Waals surface area contributed by atoms with Gasteiger partial charge in [-0.2, -0.15) is 0 Å². The molecular weight excluding hydrogens is 260 g/mol. The van der Waals surface area contributed by atoms with Gasteiger partial charge in [-0.1, -0.05) is 0 Å². The highest BCUT2D eigenvalue weighted by Gasteiger charge is 2.21. The highest BCUT2D eigenvalue weighted by molar-refractivity contribution is 5.66. The molecule has 0 spiro atoms. The molecule has 8 heteroatoms. The third-order valence-electron chi connectivity index (χ3n) is 3.33. The maximum absolute atomic E-state index is 11.3. The summed E-state index contributed by atoms with van der Waals surface area (Å²) in [6.07, 6.45) is 3.03. The third-order valence-corrected chi connectivity index (χ3v) is 3.33. The molecular formula is C12H14N6O2. The Morgan fingerprint density at radius 3 is 2.55 bits per heavy atom. The number of rotatable bonds is 3. The van der Waals surface area contributed by atoms with E-state index in [0.717, 1.165) is 26.2 Å². The highest BCUT2D eigenvalue weighted by atomic mass is 16.6. The molecule has 1 fully saturated rings. The first-order valence-electron chi connectivity index (χ1n) is 6.35. The minimum atomic E-state index is -0.342. The van der Waals surface area contributed by atoms with Crippen molar-refractivity contribution in [3.8, 4) is 5.69 Å². The predicted octanol–water partition coefficient (Wildman–Crippen LogP) is 0.585. The lowest BCUT2D eigenvalue weighted by molar-refractivity contribution is -0.384. The second kappa shape index (κ2) is 5.25. The smallest absolute Gasteiger partial charge is 0.294 e. The molecule has 0 unspecified atom stereocenters. The van der Waals surface area contributed by atoms with Gasteiger partial charge >= 0.3 is 0 Å². The van der Waals surface area contributed by atoms with E-state index in [4.69, 9.17) is 0 Å². The molecule has 0 bridgehead atoms. The van der Waals surface area contributed by atoms with Gasteiger partial charge in [0.2, 0.25) is 0 Å². The number of hydrogen-bond donors (Lipinski definition) is 1. The van der Waals surface area contributed by atoms with Gasteiger partial charge < -0.3 is 10.2 Å². The van der Waals surface area contributed by atoms with Crippen LogP contribution in [-0.2, 0) is 0 Å². The summed E-state index contributed by atoms with van der Waals surface area (Å²) in [4.78, 5) is 13.0. The summed E-state index contributed by atoms with van der Waals surface area (Å²) >= 11 is 0. The van der Waals surface area contributed by atoms with Crippen molar-refractivity contribution >= 4 is 11.4 Å². The molecule has 104 valence electrons. The molecule has 0 radical (unpaired) electrons. The van der Waals surface area contributed by atoms with Crippen LogP contribution in [0, 0.1) is 10.1 Å². The Labute approximate surface area is 115 Å². The molecule has 1 saturated heterocycles. The van der Waals surface area contributed by atoms with E-state index in [1.165, 1.54) is 12.7 Å². The van der Waals surface area contributed by atoms with Crippen LogP contribution in [0.2, 0.25) is 0 Å². The molecule has 0 saturated carbocycles. The molecule has 0 aliphatic carbocycles. The second-order valence-electron chi connectivity index (χ2n) is 4.54. The summed E-state index contributed by atoms with van der Waals surface area (Å²) in [5.41, 5.74) is 1.45. The van der Waals surface area contributed by atoms with Gasteiger partial charge in [0.15, 0.2) is 0 Å². The van der Waals surface area contributed by atoms with E-state index in [9.17, 15) is 10.1 Å². The predicted molar refractivity (Wildman–Crippen MR) is 73.1 cm³/mol. The van der Waals surface area contributed by atoms with Crippen molar-refractivity contribution in [2.75, 3.05) is 31.1 Å². The number of nitrogens with zero attached hydrogens (tertiary/aromatic N) is 5. The fraction of sp³-hybridized carbons (Fsp3) is 0.333. The van der Waals surface area contributed by atoms with E-state index in [-0.39, 0.29) is 10.6 Å². The minimum absolute atomic E-state index is 0.109. The standard InChI is InChI=1S/C12H14N6O2/c19-18(20)12-7-10(17-8-14-15-9-17)1-2-11(12)16-5-3-13-4-6-16/h1-2,7-9,13H,3-6H2. The van der Waals surface area contributed by atoms with Crippen molar-refractivity contribution in [1.82, 2.24) is 20.1 Å². The fourth-order valence-electron chi connectivity index (χ4n) is 2.33. The van der Waals surface area contributed by atoms with Gasteiger partial charge in [0.25, 0.3) is 5.69 Å². The Kier molecular flexibility index (Phi) is 3.30. The second-order valence-corrected chi connectivity index (χ2v) is 4.54. The molecule has 1 aliphatic rings. The zero-order valence-electron chi connectivity index (χ0n) is 10.8. The molecule has 1 N–H and O–H groups in total. The van der Waals surface area contributed by atoms with E-state index in [0.29, 0.717) is 11.4 Å². The summed E-state index contributed by atoms with van der Waals surface area (Å²) in [7, 11) is 0. The fourth-order valence-corrected chi connectivity index (χ4v) is 2.33. The molecule has 1 aromatic carbocycles. The molecule has 0 amide bonds. The quantitative estimate of drug-likeness (QED) is 0.650. The zero-order chi connectivity index (χ0) is 13.9. The van der Waals surface area contributed by atoms with E-state index < -0.39 is 0 Å². The number of nitrogens with one attached hydrogen (secondary N) is 1. The van der Waals surface area contributed by atoms with Crippen LogP contribution in [0.1, 0.15) is 0 Å². The number of piperazine rings is 1. The van der Waals surface area contributed by atoms with Crippen LogP contribution >= 0.6 is 0 Å². The Morgan fingerprint density at radius 2 is 1.90 bits per heavy atom. The SMILES string of the molecule is O=[N+]([O-])c1cc(-n2cnnc2)ccc1N1CCNCC1. The average molecular weight is 274 g/mol. The normalized spacial score (nSPS) is 15.3. The van der Waals surface area contributed by atoms with Crippen molar-refractivity contribution in [3.05, 3.63) is 41.0 Å². The summed E-state index contributed by atoms with van der Waals surface area (Å²) in [5, 5.41) is 22.0. The van der Waals surface area contributed by atoms with Crippen molar-refractivity contribution in [2.24, 2.45) is 0 Å². The molecule has 3 rings (SSSR count). The Balaban J connectivity index is 2.00. The van der Waals surface area contributed by atoms with E-state index in [2.05, 4.69) is 15.5 Å². The number of benzene rings is 1. The Hall–Kier alpha value is -2.48. The Morgan fingerprint density at radius 1 is 1.20 bits per heavy atom. The van der Waals surface area contributed by atoms with Gasteiger partial charge in [0.05, 0.1) is 10.6 Å². The molecule has 1 aliphatic heterocycles. The van der Waals surface area contributed by atoms with Crippen molar-refractivity contribution in [1.29, 1.82) is 0 Å². The topological polar surface area (TPSA) is 89.1 Å². The van der Waals surface area contributed by atoms with Crippen LogP contribution in [0.25, 0.3) is 5.69 Å². The first kappa shape index (κ1) is 12.5. The highest BCUT2D eigenvalue weighted by Crippen LogP contribution is 2.30. The lowest BCUT2D eigenvalue weighted by Crippen LogP contribution is -2.43. The van der Waals surface area contributed by atoms with Gasteiger partial charge in [-0.25, -0.2) is 0 Å². The number of hydrogen-bond acceptors (Lipinski definition) is 6. The maximum atomic E-state index is 11.3. The van der Waals surface area contributed by atoms with E-state index >= 15 is 0 Å². The van der Waals surface area contributed by atoms with Gasteiger partial charge in [-0.05, 0) is 12.1 Å².